The molecule has 1 fully saturated rings. The molecule has 0 spiro atoms. The summed E-state index contributed by atoms with van der Waals surface area (Å²) in [4.78, 5) is 16.0. The van der Waals surface area contributed by atoms with Crippen molar-refractivity contribution in [3.05, 3.63) is 41.7 Å². The fourth-order valence-corrected chi connectivity index (χ4v) is 3.42. The molecule has 1 aliphatic carbocycles. The van der Waals surface area contributed by atoms with Crippen LogP contribution in [0.5, 0.6) is 0 Å². The third kappa shape index (κ3) is 1.89. The summed E-state index contributed by atoms with van der Waals surface area (Å²) in [5.74, 6) is -0.686. The minimum absolute atomic E-state index is 0.684. The number of hydrogen-bond acceptors (Lipinski definition) is 2. The van der Waals surface area contributed by atoms with E-state index in [1.165, 1.54) is 10.9 Å². The molecule has 0 amide bonds. The molecular weight excluding hydrogens is 250 g/mol. The van der Waals surface area contributed by atoms with Crippen LogP contribution in [0, 0.1) is 0 Å². The Bertz CT molecular complexity index is 657. The van der Waals surface area contributed by atoms with E-state index in [2.05, 4.69) is 18.0 Å². The van der Waals surface area contributed by atoms with E-state index in [1.807, 2.05) is 24.5 Å². The highest BCUT2D eigenvalue weighted by molar-refractivity contribution is 5.88. The molecule has 3 rings (SSSR count). The predicted octanol–water partition coefficient (Wildman–Crippen LogP) is 3.69. The molecule has 1 aromatic carbocycles. The summed E-state index contributed by atoms with van der Waals surface area (Å²) < 4.78 is 0. The molecule has 104 valence electrons. The van der Waals surface area contributed by atoms with Crippen LogP contribution in [0.2, 0.25) is 0 Å². The van der Waals surface area contributed by atoms with Crippen LogP contribution in [0.1, 0.15) is 43.7 Å². The van der Waals surface area contributed by atoms with Gasteiger partial charge < -0.3 is 5.11 Å². The van der Waals surface area contributed by atoms with Gasteiger partial charge in [0.1, 0.15) is 0 Å². The lowest BCUT2D eigenvalue weighted by Crippen LogP contribution is -2.32. The summed E-state index contributed by atoms with van der Waals surface area (Å²) >= 11 is 0. The number of pyridine rings is 1. The molecule has 1 saturated carbocycles. The van der Waals surface area contributed by atoms with Crippen LogP contribution in [0.25, 0.3) is 10.8 Å². The first-order valence-electron chi connectivity index (χ1n) is 7.28. The van der Waals surface area contributed by atoms with E-state index in [0.717, 1.165) is 43.1 Å². The van der Waals surface area contributed by atoms with Crippen molar-refractivity contribution in [2.75, 3.05) is 0 Å². The van der Waals surface area contributed by atoms with Crippen LogP contribution in [0.3, 0.4) is 0 Å². The van der Waals surface area contributed by atoms with Crippen molar-refractivity contribution in [3.63, 3.8) is 0 Å². The fraction of sp³-hybridized carbons (Fsp3) is 0.412. The molecule has 0 aliphatic heterocycles. The van der Waals surface area contributed by atoms with Gasteiger partial charge in [-0.15, -0.1) is 0 Å². The zero-order valence-electron chi connectivity index (χ0n) is 11.7. The van der Waals surface area contributed by atoms with E-state index in [4.69, 9.17) is 0 Å². The fourth-order valence-electron chi connectivity index (χ4n) is 3.42. The monoisotopic (exact) mass is 269 g/mol. The van der Waals surface area contributed by atoms with E-state index in [-0.39, 0.29) is 0 Å². The Morgan fingerprint density at radius 1 is 1.30 bits per heavy atom. The molecule has 0 saturated heterocycles. The summed E-state index contributed by atoms with van der Waals surface area (Å²) in [6.07, 6.45) is 8.15. The van der Waals surface area contributed by atoms with Crippen LogP contribution < -0.4 is 0 Å². The number of aliphatic carboxylic acids is 1. The first-order chi connectivity index (χ1) is 9.67. The van der Waals surface area contributed by atoms with Crippen LogP contribution in [0.4, 0.5) is 0 Å². The summed E-state index contributed by atoms with van der Waals surface area (Å²) in [6, 6.07) is 6.09. The van der Waals surface area contributed by atoms with Crippen LogP contribution in [0.15, 0.2) is 30.6 Å². The zero-order valence-corrected chi connectivity index (χ0v) is 11.7. The number of carbonyl (C=O) groups is 1. The topological polar surface area (TPSA) is 50.2 Å². The van der Waals surface area contributed by atoms with Crippen LogP contribution >= 0.6 is 0 Å². The number of aryl methyl sites for hydroxylation is 1. The zero-order chi connectivity index (χ0) is 14.2. The molecule has 3 nitrogen and oxygen atoms in total. The first-order valence-corrected chi connectivity index (χ1v) is 7.28. The smallest absolute Gasteiger partial charge is 0.314 e. The lowest BCUT2D eigenvalue weighted by Gasteiger charge is -2.24. The van der Waals surface area contributed by atoms with Gasteiger partial charge in [0.2, 0.25) is 0 Å². The number of aromatic nitrogens is 1. The third-order valence-corrected chi connectivity index (χ3v) is 4.64. The molecule has 1 heterocycles. The lowest BCUT2D eigenvalue weighted by atomic mass is 9.78. The molecule has 0 radical (unpaired) electrons. The van der Waals surface area contributed by atoms with Gasteiger partial charge >= 0.3 is 5.97 Å². The second-order valence-corrected chi connectivity index (χ2v) is 5.68. The second kappa shape index (κ2) is 4.89. The Morgan fingerprint density at radius 2 is 2.05 bits per heavy atom. The molecule has 0 atom stereocenters. The Balaban J connectivity index is 2.16. The molecule has 20 heavy (non-hydrogen) atoms. The molecule has 1 aromatic heterocycles. The SMILES string of the molecule is CCc1cncc2cc(C3(C(=O)O)CCCC3)ccc12. The Hall–Kier alpha value is -1.90. The van der Waals surface area contributed by atoms with Gasteiger partial charge in [0.05, 0.1) is 5.41 Å². The molecule has 1 N–H and O–H groups in total. The van der Waals surface area contributed by atoms with E-state index >= 15 is 0 Å². The number of carboxylic acid groups (broad SMARTS) is 1. The molecule has 3 heteroatoms. The molecule has 0 unspecified atom stereocenters. The first kappa shape index (κ1) is 13.1. The lowest BCUT2D eigenvalue weighted by molar-refractivity contribution is -0.143. The largest absolute Gasteiger partial charge is 0.481 e. The predicted molar refractivity (Wildman–Crippen MR) is 78.9 cm³/mol. The van der Waals surface area contributed by atoms with Gasteiger partial charge in [-0.3, -0.25) is 9.78 Å². The molecule has 2 aromatic rings. The maximum atomic E-state index is 11.8. The van der Waals surface area contributed by atoms with Gasteiger partial charge in [-0.25, -0.2) is 0 Å². The highest BCUT2D eigenvalue weighted by Crippen LogP contribution is 2.42. The van der Waals surface area contributed by atoms with Gasteiger partial charge in [-0.1, -0.05) is 31.9 Å². The summed E-state index contributed by atoms with van der Waals surface area (Å²) in [7, 11) is 0. The summed E-state index contributed by atoms with van der Waals surface area (Å²) in [5.41, 5.74) is 1.46. The number of hydrogen-bond donors (Lipinski definition) is 1. The van der Waals surface area contributed by atoms with Gasteiger partial charge in [0.25, 0.3) is 0 Å². The van der Waals surface area contributed by atoms with Crippen molar-refractivity contribution in [1.29, 1.82) is 0 Å². The Morgan fingerprint density at radius 3 is 2.70 bits per heavy atom. The van der Waals surface area contributed by atoms with Gasteiger partial charge in [0.15, 0.2) is 0 Å². The van der Waals surface area contributed by atoms with Gasteiger partial charge in [-0.05, 0) is 41.8 Å². The molecule has 0 bridgehead atoms. The van der Waals surface area contributed by atoms with Crippen molar-refractivity contribution in [3.8, 4) is 0 Å². The Kier molecular flexibility index (Phi) is 3.20. The van der Waals surface area contributed by atoms with Crippen LogP contribution in [-0.4, -0.2) is 16.1 Å². The number of carboxylic acids is 1. The highest BCUT2D eigenvalue weighted by atomic mass is 16.4. The van der Waals surface area contributed by atoms with Crippen molar-refractivity contribution in [1.82, 2.24) is 4.98 Å². The van der Waals surface area contributed by atoms with Crippen molar-refractivity contribution >= 4 is 16.7 Å². The average Bonchev–Trinajstić information content (AvgIpc) is 2.97. The van der Waals surface area contributed by atoms with Crippen molar-refractivity contribution < 1.29 is 9.90 Å². The standard InChI is InChI=1S/C17H19NO2/c1-2-12-10-18-11-13-9-14(5-6-15(12)13)17(16(19)20)7-3-4-8-17/h5-6,9-11H,2-4,7-8H2,1H3,(H,19,20). The van der Waals surface area contributed by atoms with Gasteiger partial charge in [0, 0.05) is 17.8 Å². The number of nitrogens with zero attached hydrogens (tertiary/aromatic N) is 1. The highest BCUT2D eigenvalue weighted by Gasteiger charge is 2.42. The van der Waals surface area contributed by atoms with E-state index < -0.39 is 11.4 Å². The maximum absolute atomic E-state index is 11.8. The Labute approximate surface area is 118 Å². The van der Waals surface area contributed by atoms with E-state index in [9.17, 15) is 9.90 Å². The van der Waals surface area contributed by atoms with Gasteiger partial charge in [-0.2, -0.15) is 0 Å². The van der Waals surface area contributed by atoms with Crippen molar-refractivity contribution in [2.45, 2.75) is 44.4 Å². The maximum Gasteiger partial charge on any atom is 0.314 e. The minimum atomic E-state index is -0.686. The summed E-state index contributed by atoms with van der Waals surface area (Å²) in [5, 5.41) is 11.9. The number of benzene rings is 1. The molecular formula is C17H19NO2. The van der Waals surface area contributed by atoms with Crippen LogP contribution in [-0.2, 0) is 16.6 Å². The van der Waals surface area contributed by atoms with E-state index in [1.54, 1.807) is 0 Å². The number of fused-ring (bicyclic) bond motifs is 1. The number of rotatable bonds is 3. The quantitative estimate of drug-likeness (QED) is 0.924. The summed E-state index contributed by atoms with van der Waals surface area (Å²) in [6.45, 7) is 2.11. The molecule has 1 aliphatic rings. The second-order valence-electron chi connectivity index (χ2n) is 5.68. The third-order valence-electron chi connectivity index (χ3n) is 4.64. The van der Waals surface area contributed by atoms with E-state index in [0.29, 0.717) is 0 Å². The average molecular weight is 269 g/mol. The minimum Gasteiger partial charge on any atom is -0.481 e. The van der Waals surface area contributed by atoms with Crippen molar-refractivity contribution in [2.24, 2.45) is 0 Å². The normalized spacial score (nSPS) is 17.4.